The standard InChI is InChI=1S/C20H19NO3/c1-13-8-10-14(11-9-13)17-12-16(22)18(20(23)21-2)19(24-17)15-6-4-3-5-7-15/h3-11,17H,12H2,1-2H3,(H,21,23). The Labute approximate surface area is 141 Å². The number of ether oxygens (including phenoxy) is 1. The summed E-state index contributed by atoms with van der Waals surface area (Å²) in [7, 11) is 1.51. The first-order chi connectivity index (χ1) is 11.6. The predicted octanol–water partition coefficient (Wildman–Crippen LogP) is 3.18. The monoisotopic (exact) mass is 321 g/mol. The fourth-order valence-corrected chi connectivity index (χ4v) is 2.76. The van der Waals surface area contributed by atoms with Gasteiger partial charge in [-0.15, -0.1) is 0 Å². The third-order valence-corrected chi connectivity index (χ3v) is 4.08. The zero-order valence-electron chi connectivity index (χ0n) is 13.7. The molecule has 1 unspecified atom stereocenters. The van der Waals surface area contributed by atoms with Crippen LogP contribution in [0.15, 0.2) is 60.2 Å². The molecule has 2 aromatic carbocycles. The minimum atomic E-state index is -0.416. The second-order valence-electron chi connectivity index (χ2n) is 5.79. The summed E-state index contributed by atoms with van der Waals surface area (Å²) in [6, 6.07) is 17.2. The van der Waals surface area contributed by atoms with Gasteiger partial charge in [0.05, 0.1) is 6.42 Å². The summed E-state index contributed by atoms with van der Waals surface area (Å²) >= 11 is 0. The Kier molecular flexibility index (Phi) is 4.47. The number of amides is 1. The first kappa shape index (κ1) is 16.0. The first-order valence-electron chi connectivity index (χ1n) is 7.88. The second kappa shape index (κ2) is 6.71. The molecule has 3 rings (SSSR count). The van der Waals surface area contributed by atoms with Gasteiger partial charge in [0, 0.05) is 12.6 Å². The van der Waals surface area contributed by atoms with Crippen LogP contribution in [0.25, 0.3) is 5.76 Å². The molecule has 1 amide bonds. The van der Waals surface area contributed by atoms with Crippen LogP contribution in [0, 0.1) is 6.92 Å². The second-order valence-corrected chi connectivity index (χ2v) is 5.79. The largest absolute Gasteiger partial charge is 0.484 e. The summed E-state index contributed by atoms with van der Waals surface area (Å²) in [5, 5.41) is 2.53. The Balaban J connectivity index is 2.05. The maximum Gasteiger partial charge on any atom is 0.258 e. The van der Waals surface area contributed by atoms with E-state index >= 15 is 0 Å². The zero-order chi connectivity index (χ0) is 17.1. The van der Waals surface area contributed by atoms with E-state index in [0.717, 1.165) is 16.7 Å². The van der Waals surface area contributed by atoms with Crippen molar-refractivity contribution in [1.82, 2.24) is 5.32 Å². The number of carbonyl (C=O) groups excluding carboxylic acids is 2. The Morgan fingerprint density at radius 3 is 2.38 bits per heavy atom. The summed E-state index contributed by atoms with van der Waals surface area (Å²) in [5.41, 5.74) is 2.89. The molecule has 4 heteroatoms. The summed E-state index contributed by atoms with van der Waals surface area (Å²) in [4.78, 5) is 24.8. The Morgan fingerprint density at radius 1 is 1.08 bits per heavy atom. The molecule has 0 saturated carbocycles. The lowest BCUT2D eigenvalue weighted by atomic mass is 9.93. The number of ketones is 1. The highest BCUT2D eigenvalue weighted by atomic mass is 16.5. The zero-order valence-corrected chi connectivity index (χ0v) is 13.7. The predicted molar refractivity (Wildman–Crippen MR) is 92.1 cm³/mol. The lowest BCUT2D eigenvalue weighted by Gasteiger charge is -2.27. The van der Waals surface area contributed by atoms with Crippen LogP contribution in [0.1, 0.15) is 29.2 Å². The van der Waals surface area contributed by atoms with Gasteiger partial charge in [-0.3, -0.25) is 9.59 Å². The van der Waals surface area contributed by atoms with Crippen molar-refractivity contribution in [3.8, 4) is 0 Å². The van der Waals surface area contributed by atoms with E-state index in [9.17, 15) is 9.59 Å². The van der Waals surface area contributed by atoms with Crippen molar-refractivity contribution >= 4 is 17.4 Å². The molecule has 1 N–H and O–H groups in total. The number of likely N-dealkylation sites (N-methyl/N-ethyl adjacent to an activating group) is 1. The molecule has 1 aliphatic heterocycles. The van der Waals surface area contributed by atoms with Gasteiger partial charge in [-0.25, -0.2) is 0 Å². The van der Waals surface area contributed by atoms with Crippen LogP contribution < -0.4 is 5.32 Å². The third kappa shape index (κ3) is 3.08. The van der Waals surface area contributed by atoms with Crippen molar-refractivity contribution in [2.45, 2.75) is 19.4 Å². The molecular formula is C20H19NO3. The molecule has 0 aliphatic carbocycles. The number of hydrogen-bond donors (Lipinski definition) is 1. The van der Waals surface area contributed by atoms with E-state index in [4.69, 9.17) is 4.74 Å². The molecule has 0 spiro atoms. The molecule has 0 aromatic heterocycles. The lowest BCUT2D eigenvalue weighted by Crippen LogP contribution is -2.31. The summed E-state index contributed by atoms with van der Waals surface area (Å²) < 4.78 is 6.10. The maximum absolute atomic E-state index is 12.6. The Bertz CT molecular complexity index is 791. The molecule has 0 radical (unpaired) electrons. The molecule has 122 valence electrons. The van der Waals surface area contributed by atoms with Gasteiger partial charge in [0.1, 0.15) is 17.4 Å². The maximum atomic E-state index is 12.6. The van der Waals surface area contributed by atoms with E-state index in [1.165, 1.54) is 7.05 Å². The van der Waals surface area contributed by atoms with Crippen LogP contribution in [-0.2, 0) is 14.3 Å². The van der Waals surface area contributed by atoms with Crippen molar-refractivity contribution in [2.75, 3.05) is 7.05 Å². The Morgan fingerprint density at radius 2 is 1.75 bits per heavy atom. The number of Topliss-reactive ketones (excluding diaryl/α,β-unsaturated/α-hetero) is 1. The number of nitrogens with one attached hydrogen (secondary N) is 1. The SMILES string of the molecule is CNC(=O)C1=C(c2ccccc2)OC(c2ccc(C)cc2)CC1=O. The van der Waals surface area contributed by atoms with Gasteiger partial charge in [0.15, 0.2) is 5.78 Å². The van der Waals surface area contributed by atoms with Gasteiger partial charge in [-0.1, -0.05) is 60.2 Å². The van der Waals surface area contributed by atoms with Gasteiger partial charge in [-0.05, 0) is 12.5 Å². The fraction of sp³-hybridized carbons (Fsp3) is 0.200. The average molecular weight is 321 g/mol. The summed E-state index contributed by atoms with van der Waals surface area (Å²) in [5.74, 6) is -0.275. The molecule has 0 bridgehead atoms. The fourth-order valence-electron chi connectivity index (χ4n) is 2.76. The van der Waals surface area contributed by atoms with E-state index in [0.29, 0.717) is 5.76 Å². The highest BCUT2D eigenvalue weighted by Crippen LogP contribution is 2.36. The van der Waals surface area contributed by atoms with Crippen molar-refractivity contribution in [1.29, 1.82) is 0 Å². The van der Waals surface area contributed by atoms with Gasteiger partial charge in [-0.2, -0.15) is 0 Å². The minimum Gasteiger partial charge on any atom is -0.484 e. The van der Waals surface area contributed by atoms with Gasteiger partial charge >= 0.3 is 0 Å². The number of hydrogen-bond acceptors (Lipinski definition) is 3. The van der Waals surface area contributed by atoms with Crippen molar-refractivity contribution in [2.24, 2.45) is 0 Å². The van der Waals surface area contributed by atoms with E-state index in [1.54, 1.807) is 0 Å². The summed E-state index contributed by atoms with van der Waals surface area (Å²) in [6.45, 7) is 2.01. The van der Waals surface area contributed by atoms with Gasteiger partial charge < -0.3 is 10.1 Å². The van der Waals surface area contributed by atoms with Crippen molar-refractivity contribution < 1.29 is 14.3 Å². The van der Waals surface area contributed by atoms with Gasteiger partial charge in [0.2, 0.25) is 0 Å². The number of benzene rings is 2. The average Bonchev–Trinajstić information content (AvgIpc) is 2.62. The van der Waals surface area contributed by atoms with E-state index in [1.807, 2.05) is 61.5 Å². The molecule has 2 aromatic rings. The summed E-state index contributed by atoms with van der Waals surface area (Å²) in [6.07, 6.45) is -0.232. The van der Waals surface area contributed by atoms with Crippen LogP contribution in [0.3, 0.4) is 0 Å². The number of aryl methyl sites for hydroxylation is 1. The minimum absolute atomic E-state index is 0.0899. The molecule has 1 atom stereocenters. The highest BCUT2D eigenvalue weighted by Gasteiger charge is 2.34. The van der Waals surface area contributed by atoms with Crippen LogP contribution in [0.5, 0.6) is 0 Å². The van der Waals surface area contributed by atoms with Crippen molar-refractivity contribution in [3.05, 3.63) is 76.9 Å². The molecule has 1 heterocycles. The molecule has 4 nitrogen and oxygen atoms in total. The number of carbonyl (C=O) groups is 2. The topological polar surface area (TPSA) is 55.4 Å². The van der Waals surface area contributed by atoms with Crippen LogP contribution in [0.2, 0.25) is 0 Å². The molecule has 1 aliphatic rings. The molecule has 0 saturated heterocycles. The van der Waals surface area contributed by atoms with E-state index in [-0.39, 0.29) is 23.9 Å². The quantitative estimate of drug-likeness (QED) is 0.883. The molecule has 0 fully saturated rings. The van der Waals surface area contributed by atoms with Gasteiger partial charge in [0.25, 0.3) is 5.91 Å². The smallest absolute Gasteiger partial charge is 0.258 e. The number of rotatable bonds is 3. The normalized spacial score (nSPS) is 17.4. The van der Waals surface area contributed by atoms with Crippen LogP contribution in [0.4, 0.5) is 0 Å². The molecular weight excluding hydrogens is 302 g/mol. The lowest BCUT2D eigenvalue weighted by molar-refractivity contribution is -0.124. The Hall–Kier alpha value is -2.88. The highest BCUT2D eigenvalue weighted by molar-refractivity contribution is 6.24. The van der Waals surface area contributed by atoms with Crippen LogP contribution >= 0.6 is 0 Å². The van der Waals surface area contributed by atoms with E-state index < -0.39 is 5.91 Å². The van der Waals surface area contributed by atoms with E-state index in [2.05, 4.69) is 5.32 Å². The van der Waals surface area contributed by atoms with Crippen molar-refractivity contribution in [3.63, 3.8) is 0 Å². The first-order valence-corrected chi connectivity index (χ1v) is 7.88. The molecule has 24 heavy (non-hydrogen) atoms. The van der Waals surface area contributed by atoms with Crippen LogP contribution in [-0.4, -0.2) is 18.7 Å². The third-order valence-electron chi connectivity index (χ3n) is 4.08.